The van der Waals surface area contributed by atoms with E-state index in [1.807, 2.05) is 6.07 Å². The summed E-state index contributed by atoms with van der Waals surface area (Å²) in [4.78, 5) is 0. The Balaban J connectivity index is 2.39. The lowest BCUT2D eigenvalue weighted by molar-refractivity contribution is 0.616. The van der Waals surface area contributed by atoms with Crippen LogP contribution in [0.2, 0.25) is 0 Å². The minimum atomic E-state index is -0.314. The van der Waals surface area contributed by atoms with Crippen LogP contribution < -0.4 is 0 Å². The Morgan fingerprint density at radius 1 is 1.00 bits per heavy atom. The van der Waals surface area contributed by atoms with Crippen LogP contribution in [-0.2, 0) is 11.8 Å². The molecular weight excluding hydrogens is 310 g/mol. The van der Waals surface area contributed by atoms with E-state index in [0.717, 1.165) is 18.4 Å². The summed E-state index contributed by atoms with van der Waals surface area (Å²) in [5.74, 6) is -0.608. The van der Waals surface area contributed by atoms with E-state index < -0.39 is 0 Å². The van der Waals surface area contributed by atoms with Crippen LogP contribution in [0.3, 0.4) is 0 Å². The molecule has 0 fully saturated rings. The molecule has 0 radical (unpaired) electrons. The first-order chi connectivity index (χ1) is 9.15. The lowest BCUT2D eigenvalue weighted by Crippen LogP contribution is -1.92. The van der Waals surface area contributed by atoms with E-state index in [9.17, 15) is 8.78 Å². The van der Waals surface area contributed by atoms with Gasteiger partial charge in [-0.2, -0.15) is 0 Å². The maximum Gasteiger partial charge on any atom is 0.131 e. The lowest BCUT2D eigenvalue weighted by atomic mass is 10.0. The second-order valence-electron chi connectivity index (χ2n) is 4.50. The Bertz CT molecular complexity index is 579. The Hall–Kier alpha value is -1.22. The van der Waals surface area contributed by atoms with Crippen LogP contribution in [0.4, 0.5) is 8.78 Å². The quantitative estimate of drug-likeness (QED) is 0.653. The Morgan fingerprint density at radius 3 is 2.37 bits per heavy atom. The Morgan fingerprint density at radius 2 is 1.79 bits per heavy atom. The van der Waals surface area contributed by atoms with E-state index in [1.54, 1.807) is 18.2 Å². The summed E-state index contributed by atoms with van der Waals surface area (Å²) in [7, 11) is 0. The third-order valence-electron chi connectivity index (χ3n) is 3.08. The van der Waals surface area contributed by atoms with Crippen molar-refractivity contribution in [2.24, 2.45) is 0 Å². The van der Waals surface area contributed by atoms with Crippen molar-refractivity contribution in [3.8, 4) is 11.1 Å². The summed E-state index contributed by atoms with van der Waals surface area (Å²) < 4.78 is 27.8. The number of halogens is 3. The van der Waals surface area contributed by atoms with Gasteiger partial charge in [0, 0.05) is 10.9 Å². The predicted octanol–water partition coefficient (Wildman–Crippen LogP) is 5.48. The molecule has 2 aromatic carbocycles. The molecule has 0 amide bonds. The largest absolute Gasteiger partial charge is 0.207 e. The molecule has 0 N–H and O–H groups in total. The number of aryl methyl sites for hydroxylation is 1. The van der Waals surface area contributed by atoms with Crippen molar-refractivity contribution in [3.63, 3.8) is 0 Å². The first-order valence-electron chi connectivity index (χ1n) is 6.29. The summed E-state index contributed by atoms with van der Waals surface area (Å²) >= 11 is 3.22. The van der Waals surface area contributed by atoms with Crippen LogP contribution >= 0.6 is 15.9 Å². The molecule has 0 nitrogen and oxygen atoms in total. The minimum absolute atomic E-state index is 0.294. The van der Waals surface area contributed by atoms with Gasteiger partial charge in [-0.1, -0.05) is 53.5 Å². The van der Waals surface area contributed by atoms with E-state index >= 15 is 0 Å². The summed E-state index contributed by atoms with van der Waals surface area (Å²) in [6.45, 7) is 2.06. The van der Waals surface area contributed by atoms with Crippen LogP contribution in [0.5, 0.6) is 0 Å². The highest BCUT2D eigenvalue weighted by Crippen LogP contribution is 2.26. The van der Waals surface area contributed by atoms with Crippen molar-refractivity contribution in [1.82, 2.24) is 0 Å². The van der Waals surface area contributed by atoms with E-state index in [0.29, 0.717) is 22.0 Å². The molecule has 100 valence electrons. The zero-order valence-electron chi connectivity index (χ0n) is 10.7. The van der Waals surface area contributed by atoms with Gasteiger partial charge in [-0.25, -0.2) is 8.78 Å². The molecule has 0 saturated carbocycles. The number of hydrogen-bond acceptors (Lipinski definition) is 0. The third-order valence-corrected chi connectivity index (χ3v) is 3.68. The third kappa shape index (κ3) is 3.21. The van der Waals surface area contributed by atoms with Crippen LogP contribution in [0.1, 0.15) is 24.5 Å². The summed E-state index contributed by atoms with van der Waals surface area (Å²) in [6, 6.07) is 9.97. The molecule has 0 unspecified atom stereocenters. The van der Waals surface area contributed by atoms with E-state index in [-0.39, 0.29) is 11.6 Å². The van der Waals surface area contributed by atoms with Gasteiger partial charge in [0.2, 0.25) is 0 Å². The molecule has 0 bridgehead atoms. The smallest absolute Gasteiger partial charge is 0.131 e. The highest BCUT2D eigenvalue weighted by atomic mass is 79.9. The van der Waals surface area contributed by atoms with Gasteiger partial charge in [0.1, 0.15) is 11.6 Å². The predicted molar refractivity (Wildman–Crippen MR) is 78.4 cm³/mol. The maximum absolute atomic E-state index is 14.0. The Kier molecular flexibility index (Phi) is 4.70. The monoisotopic (exact) mass is 324 g/mol. The number of alkyl halides is 1. The van der Waals surface area contributed by atoms with Crippen LogP contribution in [0, 0.1) is 11.6 Å². The fraction of sp³-hybridized carbons (Fsp3) is 0.250. The van der Waals surface area contributed by atoms with Gasteiger partial charge in [0.15, 0.2) is 0 Å². The normalized spacial score (nSPS) is 10.7. The topological polar surface area (TPSA) is 0 Å². The second kappa shape index (κ2) is 6.29. The molecule has 0 aromatic heterocycles. The summed E-state index contributed by atoms with van der Waals surface area (Å²) in [6.07, 6.45) is 1.83. The van der Waals surface area contributed by atoms with Crippen LogP contribution in [0.25, 0.3) is 11.1 Å². The average molecular weight is 325 g/mol. The molecule has 0 spiro atoms. The molecule has 19 heavy (non-hydrogen) atoms. The molecule has 0 aliphatic rings. The van der Waals surface area contributed by atoms with Gasteiger partial charge < -0.3 is 0 Å². The second-order valence-corrected chi connectivity index (χ2v) is 5.06. The molecule has 0 aliphatic carbocycles. The van der Waals surface area contributed by atoms with Crippen LogP contribution in [-0.4, -0.2) is 0 Å². The first kappa shape index (κ1) is 14.2. The summed E-state index contributed by atoms with van der Waals surface area (Å²) in [5.41, 5.74) is 2.57. The minimum Gasteiger partial charge on any atom is -0.207 e. The zero-order chi connectivity index (χ0) is 13.8. The highest BCUT2D eigenvalue weighted by molar-refractivity contribution is 9.08. The molecule has 2 rings (SSSR count). The van der Waals surface area contributed by atoms with E-state index in [1.165, 1.54) is 12.1 Å². The fourth-order valence-corrected chi connectivity index (χ4v) is 2.51. The average Bonchev–Trinajstić information content (AvgIpc) is 2.39. The van der Waals surface area contributed by atoms with Gasteiger partial charge in [-0.05, 0) is 35.2 Å². The summed E-state index contributed by atoms with van der Waals surface area (Å²) in [5, 5.41) is 0.455. The first-order valence-corrected chi connectivity index (χ1v) is 7.41. The maximum atomic E-state index is 14.0. The Labute approximate surface area is 120 Å². The number of benzene rings is 2. The van der Waals surface area contributed by atoms with E-state index in [4.69, 9.17) is 0 Å². The lowest BCUT2D eigenvalue weighted by Gasteiger charge is -2.07. The van der Waals surface area contributed by atoms with E-state index in [2.05, 4.69) is 22.9 Å². The van der Waals surface area contributed by atoms with Gasteiger partial charge in [0.25, 0.3) is 0 Å². The molecule has 2 aromatic rings. The van der Waals surface area contributed by atoms with Crippen molar-refractivity contribution in [1.29, 1.82) is 0 Å². The molecule has 0 saturated heterocycles. The number of rotatable bonds is 4. The molecule has 0 atom stereocenters. The van der Waals surface area contributed by atoms with Crippen molar-refractivity contribution in [3.05, 3.63) is 59.2 Å². The van der Waals surface area contributed by atoms with Gasteiger partial charge in [-0.3, -0.25) is 0 Å². The van der Waals surface area contributed by atoms with Crippen molar-refractivity contribution >= 4 is 15.9 Å². The number of hydrogen-bond donors (Lipinski definition) is 0. The van der Waals surface area contributed by atoms with Crippen molar-refractivity contribution in [2.45, 2.75) is 25.1 Å². The molecule has 0 heterocycles. The van der Waals surface area contributed by atoms with Gasteiger partial charge >= 0.3 is 0 Å². The standard InChI is InChI=1S/C16H15BrF2/c1-2-3-11-4-7-14(16(19)8-11)12-5-6-13(10-17)15(18)9-12/h4-9H,2-3,10H2,1H3. The van der Waals surface area contributed by atoms with Crippen molar-refractivity contribution < 1.29 is 8.78 Å². The van der Waals surface area contributed by atoms with Crippen molar-refractivity contribution in [2.75, 3.05) is 0 Å². The molecular formula is C16H15BrF2. The van der Waals surface area contributed by atoms with Crippen LogP contribution in [0.15, 0.2) is 36.4 Å². The fourth-order valence-electron chi connectivity index (χ4n) is 2.06. The highest BCUT2D eigenvalue weighted by Gasteiger charge is 2.09. The molecule has 0 aliphatic heterocycles. The zero-order valence-corrected chi connectivity index (χ0v) is 12.3. The SMILES string of the molecule is CCCc1ccc(-c2ccc(CBr)c(F)c2)c(F)c1. The van der Waals surface area contributed by atoms with Gasteiger partial charge in [-0.15, -0.1) is 0 Å². The van der Waals surface area contributed by atoms with Gasteiger partial charge in [0.05, 0.1) is 0 Å². The molecule has 3 heteroatoms.